The molecule has 19 heavy (non-hydrogen) atoms. The lowest BCUT2D eigenvalue weighted by molar-refractivity contribution is 0.236. The highest BCUT2D eigenvalue weighted by atomic mass is 16.1. The van der Waals surface area contributed by atoms with Crippen LogP contribution >= 0.6 is 0 Å². The topological polar surface area (TPSA) is 38.1 Å². The van der Waals surface area contributed by atoms with Crippen LogP contribution in [0.4, 0.5) is 0 Å². The normalized spacial score (nSPS) is 20.2. The summed E-state index contributed by atoms with van der Waals surface area (Å²) in [6.07, 6.45) is 4.18. The second-order valence-electron chi connectivity index (χ2n) is 5.14. The molecule has 1 saturated heterocycles. The van der Waals surface area contributed by atoms with E-state index in [2.05, 4.69) is 16.9 Å². The summed E-state index contributed by atoms with van der Waals surface area (Å²) in [6, 6.07) is 8.10. The third kappa shape index (κ3) is 2.28. The number of rotatable bonds is 3. The maximum Gasteiger partial charge on any atom is 0.274 e. The van der Waals surface area contributed by atoms with E-state index in [-0.39, 0.29) is 5.56 Å². The molecule has 0 amide bonds. The first-order valence-corrected chi connectivity index (χ1v) is 6.98. The molecule has 1 fully saturated rings. The van der Waals surface area contributed by atoms with Crippen LogP contribution in [0, 0.1) is 0 Å². The van der Waals surface area contributed by atoms with Crippen LogP contribution in [0.2, 0.25) is 0 Å². The Morgan fingerprint density at radius 2 is 2.21 bits per heavy atom. The number of hydrogen-bond donors (Lipinski definition) is 0. The summed E-state index contributed by atoms with van der Waals surface area (Å²) in [5.41, 5.74) is 0.0288. The molecule has 100 valence electrons. The van der Waals surface area contributed by atoms with Crippen molar-refractivity contribution in [1.82, 2.24) is 14.7 Å². The number of aromatic nitrogens is 2. The van der Waals surface area contributed by atoms with Gasteiger partial charge in [-0.15, -0.1) is 0 Å². The van der Waals surface area contributed by atoms with Gasteiger partial charge in [-0.1, -0.05) is 25.1 Å². The number of benzene rings is 1. The highest BCUT2D eigenvalue weighted by Gasteiger charge is 2.23. The molecule has 4 heteroatoms. The van der Waals surface area contributed by atoms with Crippen LogP contribution in [-0.4, -0.2) is 33.8 Å². The van der Waals surface area contributed by atoms with E-state index < -0.39 is 0 Å². The fourth-order valence-corrected chi connectivity index (χ4v) is 2.98. The van der Waals surface area contributed by atoms with Crippen molar-refractivity contribution in [1.29, 1.82) is 0 Å². The van der Waals surface area contributed by atoms with Crippen molar-refractivity contribution in [2.24, 2.45) is 0 Å². The zero-order valence-electron chi connectivity index (χ0n) is 11.2. The van der Waals surface area contributed by atoms with Crippen molar-refractivity contribution in [2.75, 3.05) is 13.1 Å². The molecule has 1 aromatic carbocycles. The Kier molecular flexibility index (Phi) is 3.34. The molecule has 1 aliphatic heterocycles. The molecular formula is C15H19N3O. The van der Waals surface area contributed by atoms with E-state index >= 15 is 0 Å². The van der Waals surface area contributed by atoms with Crippen LogP contribution in [0.5, 0.6) is 0 Å². The molecule has 1 aliphatic rings. The maximum absolute atomic E-state index is 12.4. The summed E-state index contributed by atoms with van der Waals surface area (Å²) >= 11 is 0. The van der Waals surface area contributed by atoms with Gasteiger partial charge in [0, 0.05) is 11.4 Å². The van der Waals surface area contributed by atoms with Crippen molar-refractivity contribution in [2.45, 2.75) is 32.4 Å². The first kappa shape index (κ1) is 12.4. The molecule has 3 rings (SSSR count). The molecule has 0 bridgehead atoms. The van der Waals surface area contributed by atoms with Gasteiger partial charge in [0.05, 0.1) is 18.1 Å². The maximum atomic E-state index is 12.4. The Balaban J connectivity index is 1.93. The highest BCUT2D eigenvalue weighted by molar-refractivity contribution is 5.80. The van der Waals surface area contributed by atoms with E-state index in [0.717, 1.165) is 30.3 Å². The quantitative estimate of drug-likeness (QED) is 0.842. The predicted molar refractivity (Wildman–Crippen MR) is 76.3 cm³/mol. The summed E-state index contributed by atoms with van der Waals surface area (Å²) in [5.74, 6) is 0. The lowest BCUT2D eigenvalue weighted by atomic mass is 10.2. The van der Waals surface area contributed by atoms with Gasteiger partial charge in [-0.25, -0.2) is 4.68 Å². The van der Waals surface area contributed by atoms with E-state index in [4.69, 9.17) is 0 Å². The van der Waals surface area contributed by atoms with E-state index in [0.29, 0.717) is 12.6 Å². The minimum absolute atomic E-state index is 0.0288. The molecule has 2 aromatic rings. The van der Waals surface area contributed by atoms with Gasteiger partial charge in [-0.3, -0.25) is 9.69 Å². The molecular weight excluding hydrogens is 238 g/mol. The summed E-state index contributed by atoms with van der Waals surface area (Å²) in [4.78, 5) is 14.8. The Hall–Kier alpha value is -1.68. The molecule has 0 N–H and O–H groups in total. The molecule has 0 radical (unpaired) electrons. The lowest BCUT2D eigenvalue weighted by Crippen LogP contribution is -2.36. The van der Waals surface area contributed by atoms with E-state index in [1.165, 1.54) is 6.42 Å². The fourth-order valence-electron chi connectivity index (χ4n) is 2.98. The standard InChI is InChI=1S/C15H19N3O/c1-2-17-9-5-7-13(17)11-18-15(19)14-8-4-3-6-12(14)10-16-18/h3-4,6,8,10,13H,2,5,7,9,11H2,1H3/t13-/m0/s1. The Morgan fingerprint density at radius 3 is 3.05 bits per heavy atom. The Morgan fingerprint density at radius 1 is 1.37 bits per heavy atom. The summed E-state index contributed by atoms with van der Waals surface area (Å²) in [7, 11) is 0. The third-order valence-corrected chi connectivity index (χ3v) is 4.05. The molecule has 2 heterocycles. The molecule has 4 nitrogen and oxygen atoms in total. The van der Waals surface area contributed by atoms with Crippen LogP contribution in [0.15, 0.2) is 35.3 Å². The smallest absolute Gasteiger partial charge is 0.274 e. The molecule has 1 aromatic heterocycles. The number of fused-ring (bicyclic) bond motifs is 1. The average molecular weight is 257 g/mol. The van der Waals surface area contributed by atoms with Crippen molar-refractivity contribution in [3.8, 4) is 0 Å². The Labute approximate surface area is 112 Å². The van der Waals surface area contributed by atoms with Gasteiger partial charge in [0.1, 0.15) is 0 Å². The third-order valence-electron chi connectivity index (χ3n) is 4.05. The van der Waals surface area contributed by atoms with Gasteiger partial charge in [0.25, 0.3) is 5.56 Å². The molecule has 0 spiro atoms. The summed E-state index contributed by atoms with van der Waals surface area (Å²) < 4.78 is 1.63. The summed E-state index contributed by atoms with van der Waals surface area (Å²) in [6.45, 7) is 5.07. The SMILES string of the molecule is CCN1CCC[C@H]1Cn1ncc2ccccc2c1=O. The van der Waals surface area contributed by atoms with Crippen LogP contribution in [0.3, 0.4) is 0 Å². The van der Waals surface area contributed by atoms with Crippen molar-refractivity contribution in [3.05, 3.63) is 40.8 Å². The number of likely N-dealkylation sites (tertiary alicyclic amines) is 1. The first-order chi connectivity index (χ1) is 9.29. The highest BCUT2D eigenvalue weighted by Crippen LogP contribution is 2.17. The van der Waals surface area contributed by atoms with Gasteiger partial charge in [0.15, 0.2) is 0 Å². The van der Waals surface area contributed by atoms with Gasteiger partial charge in [-0.05, 0) is 32.0 Å². The van der Waals surface area contributed by atoms with Gasteiger partial charge in [-0.2, -0.15) is 5.10 Å². The van der Waals surface area contributed by atoms with Crippen molar-refractivity contribution in [3.63, 3.8) is 0 Å². The number of likely N-dealkylation sites (N-methyl/N-ethyl adjacent to an activating group) is 1. The number of hydrogen-bond acceptors (Lipinski definition) is 3. The fraction of sp³-hybridized carbons (Fsp3) is 0.467. The Bertz CT molecular complexity index is 635. The zero-order valence-corrected chi connectivity index (χ0v) is 11.2. The predicted octanol–water partition coefficient (Wildman–Crippen LogP) is 1.88. The first-order valence-electron chi connectivity index (χ1n) is 6.98. The second kappa shape index (κ2) is 5.13. The van der Waals surface area contributed by atoms with Gasteiger partial charge >= 0.3 is 0 Å². The van der Waals surface area contributed by atoms with E-state index in [9.17, 15) is 4.79 Å². The largest absolute Gasteiger partial charge is 0.299 e. The second-order valence-corrected chi connectivity index (χ2v) is 5.14. The lowest BCUT2D eigenvalue weighted by Gasteiger charge is -2.22. The molecule has 0 unspecified atom stereocenters. The van der Waals surface area contributed by atoms with Crippen molar-refractivity contribution >= 4 is 10.8 Å². The summed E-state index contributed by atoms with van der Waals surface area (Å²) in [5, 5.41) is 6.00. The van der Waals surface area contributed by atoms with Crippen molar-refractivity contribution < 1.29 is 0 Å². The minimum Gasteiger partial charge on any atom is -0.299 e. The molecule has 0 saturated carbocycles. The van der Waals surface area contributed by atoms with Crippen LogP contribution in [0.1, 0.15) is 19.8 Å². The van der Waals surface area contributed by atoms with Gasteiger partial charge in [0.2, 0.25) is 0 Å². The zero-order chi connectivity index (χ0) is 13.2. The van der Waals surface area contributed by atoms with Crippen LogP contribution in [-0.2, 0) is 6.54 Å². The van der Waals surface area contributed by atoms with E-state index in [1.807, 2.05) is 24.3 Å². The van der Waals surface area contributed by atoms with Crippen LogP contribution < -0.4 is 5.56 Å². The van der Waals surface area contributed by atoms with Crippen LogP contribution in [0.25, 0.3) is 10.8 Å². The average Bonchev–Trinajstić information content (AvgIpc) is 2.89. The minimum atomic E-state index is 0.0288. The molecule has 1 atom stereocenters. The molecule has 0 aliphatic carbocycles. The number of nitrogens with zero attached hydrogens (tertiary/aromatic N) is 3. The monoisotopic (exact) mass is 257 g/mol. The van der Waals surface area contributed by atoms with Gasteiger partial charge < -0.3 is 0 Å². The van der Waals surface area contributed by atoms with E-state index in [1.54, 1.807) is 10.9 Å².